The predicted molar refractivity (Wildman–Crippen MR) is 152 cm³/mol. The Bertz CT molecular complexity index is 1680. The quantitative estimate of drug-likeness (QED) is 0.282. The zero-order valence-electron chi connectivity index (χ0n) is 23.2. The maximum Gasteiger partial charge on any atom is 0.413 e. The molecule has 0 saturated heterocycles. The molecule has 2 aromatic heterocycles. The van der Waals surface area contributed by atoms with Crippen molar-refractivity contribution in [3.63, 3.8) is 0 Å². The van der Waals surface area contributed by atoms with Crippen LogP contribution in [-0.4, -0.2) is 33.2 Å². The van der Waals surface area contributed by atoms with Gasteiger partial charge in [0.15, 0.2) is 5.54 Å². The molecule has 1 aliphatic heterocycles. The van der Waals surface area contributed by atoms with Crippen molar-refractivity contribution in [1.29, 1.82) is 10.5 Å². The van der Waals surface area contributed by atoms with Gasteiger partial charge in [0.2, 0.25) is 0 Å². The molecule has 4 N–H and O–H groups in total. The lowest BCUT2D eigenvalue weighted by atomic mass is 9.96. The smallest absolute Gasteiger partial charge is 0.383 e. The molecular weight excluding hydrogens is 543 g/mol. The molecule has 1 saturated carbocycles. The Balaban J connectivity index is 1.59. The number of hydrazine groups is 2. The number of terminal acetylenes is 1. The van der Waals surface area contributed by atoms with Crippen molar-refractivity contribution in [2.24, 2.45) is 5.41 Å². The van der Waals surface area contributed by atoms with Gasteiger partial charge in [0.25, 0.3) is 0 Å². The second-order valence-electron chi connectivity index (χ2n) is 11.5. The first-order chi connectivity index (χ1) is 19.9. The van der Waals surface area contributed by atoms with E-state index in [-0.39, 0.29) is 29.5 Å². The number of aromatic nitrogens is 2. The van der Waals surface area contributed by atoms with E-state index in [4.69, 9.17) is 6.42 Å². The lowest BCUT2D eigenvalue weighted by molar-refractivity contribution is -0.195. The molecule has 12 heteroatoms. The van der Waals surface area contributed by atoms with Gasteiger partial charge in [-0.1, -0.05) is 32.8 Å². The number of hydrogen-bond donors (Lipinski definition) is 4. The van der Waals surface area contributed by atoms with Crippen molar-refractivity contribution in [2.75, 3.05) is 17.2 Å². The molecule has 5 rings (SSSR count). The molecule has 3 heterocycles. The number of rotatable bonds is 7. The van der Waals surface area contributed by atoms with Crippen molar-refractivity contribution in [1.82, 2.24) is 25.9 Å². The molecule has 0 unspecified atom stereocenters. The number of benzene rings is 1. The van der Waals surface area contributed by atoms with Gasteiger partial charge in [0.1, 0.15) is 17.8 Å². The molecule has 0 bridgehead atoms. The highest BCUT2D eigenvalue weighted by Gasteiger charge is 2.67. The van der Waals surface area contributed by atoms with Crippen molar-refractivity contribution in [3.05, 3.63) is 70.9 Å². The first-order valence-electron chi connectivity index (χ1n) is 13.2. The van der Waals surface area contributed by atoms with E-state index in [1.54, 1.807) is 24.4 Å². The second kappa shape index (κ2) is 10.4. The van der Waals surface area contributed by atoms with Crippen LogP contribution < -0.4 is 21.6 Å². The van der Waals surface area contributed by atoms with Crippen LogP contribution in [0.1, 0.15) is 62.0 Å². The Morgan fingerprint density at radius 2 is 1.86 bits per heavy atom. The summed E-state index contributed by atoms with van der Waals surface area (Å²) in [5.41, 5.74) is 7.05. The Morgan fingerprint density at radius 3 is 2.43 bits per heavy atom. The summed E-state index contributed by atoms with van der Waals surface area (Å²) >= 11 is 0. The minimum Gasteiger partial charge on any atom is -0.383 e. The minimum atomic E-state index is -4.43. The monoisotopic (exact) mass is 571 g/mol. The Hall–Kier alpha value is -4.99. The fourth-order valence-corrected chi connectivity index (χ4v) is 4.76. The normalized spacial score (nSPS) is 16.5. The standard InChI is InChI=1S/C30H28F3N9/c1-5-18-14-37-26-20(12-34)10-22(11-23(26)25(18)38-17-28(2,3)4)39-27(19-6-7-21(13-35)36-15-19)24-16-42(41-40-24)29(8-9-29)30(31,32)33/h1,6-7,10-11,14-16,27,39-41H,8-9,17H2,2-4H3,(H,37,38)/t27-/m0/s1. The number of anilines is 2. The van der Waals surface area contributed by atoms with Crippen molar-refractivity contribution in [2.45, 2.75) is 51.4 Å². The van der Waals surface area contributed by atoms with E-state index in [9.17, 15) is 23.7 Å². The van der Waals surface area contributed by atoms with E-state index < -0.39 is 17.8 Å². The van der Waals surface area contributed by atoms with Gasteiger partial charge in [-0.05, 0) is 42.0 Å². The predicted octanol–water partition coefficient (Wildman–Crippen LogP) is 5.23. The van der Waals surface area contributed by atoms with Gasteiger partial charge in [0.05, 0.1) is 34.1 Å². The van der Waals surface area contributed by atoms with Crippen LogP contribution in [0, 0.1) is 40.4 Å². The maximum absolute atomic E-state index is 13.8. The molecule has 9 nitrogen and oxygen atoms in total. The van der Waals surface area contributed by atoms with E-state index in [2.05, 4.69) is 64.3 Å². The molecule has 0 radical (unpaired) electrons. The number of alkyl halides is 3. The van der Waals surface area contributed by atoms with Gasteiger partial charge in [0, 0.05) is 36.2 Å². The summed E-state index contributed by atoms with van der Waals surface area (Å²) < 4.78 is 41.5. The average molecular weight is 572 g/mol. The lowest BCUT2D eigenvalue weighted by Crippen LogP contribution is -2.52. The van der Waals surface area contributed by atoms with Crippen LogP contribution >= 0.6 is 0 Å². The minimum absolute atomic E-state index is 0.0312. The van der Waals surface area contributed by atoms with Crippen LogP contribution in [0.4, 0.5) is 24.5 Å². The van der Waals surface area contributed by atoms with Gasteiger partial charge in [-0.2, -0.15) is 23.7 Å². The molecular formula is C30H28F3N9. The third kappa shape index (κ3) is 5.35. The second-order valence-corrected chi connectivity index (χ2v) is 11.5. The zero-order valence-corrected chi connectivity index (χ0v) is 23.2. The number of pyridine rings is 2. The van der Waals surface area contributed by atoms with E-state index in [0.717, 1.165) is 5.01 Å². The van der Waals surface area contributed by atoms with E-state index in [0.29, 0.717) is 45.6 Å². The van der Waals surface area contributed by atoms with Crippen LogP contribution in [0.15, 0.2) is 48.6 Å². The van der Waals surface area contributed by atoms with Gasteiger partial charge in [-0.25, -0.2) is 4.98 Å². The number of fused-ring (bicyclic) bond motifs is 1. The van der Waals surface area contributed by atoms with Crippen molar-refractivity contribution >= 4 is 22.3 Å². The van der Waals surface area contributed by atoms with Crippen molar-refractivity contribution in [3.8, 4) is 24.5 Å². The molecule has 2 aliphatic rings. The number of nitriles is 2. The van der Waals surface area contributed by atoms with Crippen LogP contribution in [0.3, 0.4) is 0 Å². The molecule has 214 valence electrons. The third-order valence-electron chi connectivity index (χ3n) is 7.20. The Labute approximate surface area is 241 Å². The molecule has 3 aromatic rings. The summed E-state index contributed by atoms with van der Waals surface area (Å²) in [6.45, 7) is 6.83. The highest BCUT2D eigenvalue weighted by molar-refractivity contribution is 5.99. The van der Waals surface area contributed by atoms with E-state index in [1.807, 2.05) is 6.07 Å². The molecule has 42 heavy (non-hydrogen) atoms. The molecule has 1 aromatic carbocycles. The van der Waals surface area contributed by atoms with Crippen LogP contribution in [0.2, 0.25) is 0 Å². The summed E-state index contributed by atoms with van der Waals surface area (Å²) in [6.07, 6.45) is 5.72. The summed E-state index contributed by atoms with van der Waals surface area (Å²) in [5, 5.41) is 27.6. The number of nitrogens with one attached hydrogen (secondary N) is 4. The van der Waals surface area contributed by atoms with Gasteiger partial charge in [-0.15, -0.1) is 12.0 Å². The number of halogens is 3. The maximum atomic E-state index is 13.8. The summed E-state index contributed by atoms with van der Waals surface area (Å²) in [5.74, 6) is 2.65. The third-order valence-corrected chi connectivity index (χ3v) is 7.20. The van der Waals surface area contributed by atoms with Crippen molar-refractivity contribution < 1.29 is 13.2 Å². The molecule has 1 fully saturated rings. The fraction of sp³-hybridized carbons (Fsp3) is 0.333. The van der Waals surface area contributed by atoms with Crippen LogP contribution in [0.5, 0.6) is 0 Å². The van der Waals surface area contributed by atoms with E-state index in [1.165, 1.54) is 18.5 Å². The Kier molecular flexibility index (Phi) is 7.10. The summed E-state index contributed by atoms with van der Waals surface area (Å²) in [4.78, 5) is 8.60. The van der Waals surface area contributed by atoms with Gasteiger partial charge < -0.3 is 16.1 Å². The largest absolute Gasteiger partial charge is 0.413 e. The zero-order chi connectivity index (χ0) is 30.3. The first kappa shape index (κ1) is 28.5. The number of nitrogens with zero attached hydrogens (tertiary/aromatic N) is 5. The number of hydrogen-bond acceptors (Lipinski definition) is 9. The first-order valence-corrected chi connectivity index (χ1v) is 13.2. The SMILES string of the molecule is C#Cc1cnc2c(C#N)cc(N[C@H](C3=CN(C4(C(F)(F)F)CC4)NN3)c3ccc(C#N)nc3)cc2c1NCC(C)(C)C. The lowest BCUT2D eigenvalue weighted by Gasteiger charge is -2.28. The topological polar surface area (TPSA) is 125 Å². The molecule has 0 amide bonds. The summed E-state index contributed by atoms with van der Waals surface area (Å²) in [7, 11) is 0. The average Bonchev–Trinajstić information content (AvgIpc) is 3.65. The Morgan fingerprint density at radius 1 is 1.10 bits per heavy atom. The highest BCUT2D eigenvalue weighted by Crippen LogP contribution is 2.53. The fourth-order valence-electron chi connectivity index (χ4n) is 4.76. The van der Waals surface area contributed by atoms with Gasteiger partial charge in [-0.3, -0.25) is 9.99 Å². The van der Waals surface area contributed by atoms with Crippen LogP contribution in [-0.2, 0) is 0 Å². The van der Waals surface area contributed by atoms with Gasteiger partial charge >= 0.3 is 6.18 Å². The molecule has 1 aliphatic carbocycles. The summed E-state index contributed by atoms with van der Waals surface area (Å²) in [6, 6.07) is 10.1. The molecule has 1 atom stereocenters. The van der Waals surface area contributed by atoms with Crippen LogP contribution in [0.25, 0.3) is 10.9 Å². The van der Waals surface area contributed by atoms with E-state index >= 15 is 0 Å². The highest BCUT2D eigenvalue weighted by atomic mass is 19.4. The molecule has 0 spiro atoms.